The van der Waals surface area contributed by atoms with Crippen molar-refractivity contribution >= 4 is 36.4 Å². The maximum atomic E-state index is 6.01. The second kappa shape index (κ2) is 10.7. The second-order valence-electron chi connectivity index (χ2n) is 4.19. The molecular weight excluding hydrogens is 333 g/mol. The van der Waals surface area contributed by atoms with E-state index in [0.29, 0.717) is 6.61 Å². The Morgan fingerprint density at radius 2 is 2.14 bits per heavy atom. The molecule has 0 unspecified atom stereocenters. The average Bonchev–Trinajstić information content (AvgIpc) is 2.91. The molecule has 4 nitrogen and oxygen atoms in total. The van der Waals surface area contributed by atoms with Crippen molar-refractivity contribution in [2.75, 3.05) is 13.2 Å². The maximum absolute atomic E-state index is 6.01. The lowest BCUT2D eigenvalue weighted by Crippen LogP contribution is -2.17. The molecule has 0 saturated carbocycles. The van der Waals surface area contributed by atoms with Gasteiger partial charge in [0.2, 0.25) is 0 Å². The van der Waals surface area contributed by atoms with Crippen molar-refractivity contribution in [1.82, 2.24) is 15.3 Å². The molecule has 118 valence electrons. The molecule has 21 heavy (non-hydrogen) atoms. The molecule has 0 saturated heterocycles. The van der Waals surface area contributed by atoms with Gasteiger partial charge in [0.1, 0.15) is 5.75 Å². The Kier molecular flexibility index (Phi) is 10.3. The Morgan fingerprint density at radius 1 is 1.33 bits per heavy atom. The summed E-state index contributed by atoms with van der Waals surface area (Å²) in [5.41, 5.74) is 2.21. The first-order chi connectivity index (χ1) is 9.29. The molecule has 0 aliphatic carbocycles. The van der Waals surface area contributed by atoms with E-state index in [-0.39, 0.29) is 24.8 Å². The highest BCUT2D eigenvalue weighted by atomic mass is 35.5. The van der Waals surface area contributed by atoms with Gasteiger partial charge >= 0.3 is 0 Å². The standard InChI is InChI=1S/C14H18ClN3O.2ClH/c1-2-19-14-4-3-12(15)7-11(14)8-16-6-5-13-9-17-10-18-13;;/h3-4,7,9-10,16H,2,5-6,8H2,1H3,(H,17,18);2*1H. The molecule has 0 spiro atoms. The predicted molar refractivity (Wildman–Crippen MR) is 91.1 cm³/mol. The van der Waals surface area contributed by atoms with Crippen LogP contribution in [-0.4, -0.2) is 23.1 Å². The number of halogens is 3. The van der Waals surface area contributed by atoms with Gasteiger partial charge in [0.05, 0.1) is 12.9 Å². The van der Waals surface area contributed by atoms with Gasteiger partial charge in [0.25, 0.3) is 0 Å². The Bertz CT molecular complexity index is 506. The molecule has 1 heterocycles. The normalized spacial score (nSPS) is 9.62. The molecule has 7 heteroatoms. The van der Waals surface area contributed by atoms with Crippen LogP contribution in [-0.2, 0) is 13.0 Å². The number of aromatic amines is 1. The van der Waals surface area contributed by atoms with Gasteiger partial charge in [-0.2, -0.15) is 0 Å². The third-order valence-corrected chi connectivity index (χ3v) is 3.00. The summed E-state index contributed by atoms with van der Waals surface area (Å²) in [5, 5.41) is 4.11. The number of imidazole rings is 1. The van der Waals surface area contributed by atoms with Gasteiger partial charge in [0.15, 0.2) is 0 Å². The number of rotatable bonds is 7. The third kappa shape index (κ3) is 6.57. The van der Waals surface area contributed by atoms with Crippen molar-refractivity contribution in [3.63, 3.8) is 0 Å². The Hall–Kier alpha value is -0.940. The van der Waals surface area contributed by atoms with Crippen LogP contribution in [0.3, 0.4) is 0 Å². The van der Waals surface area contributed by atoms with Crippen LogP contribution in [0.15, 0.2) is 30.7 Å². The number of aromatic nitrogens is 2. The van der Waals surface area contributed by atoms with Crippen LogP contribution in [0.2, 0.25) is 5.02 Å². The largest absolute Gasteiger partial charge is 0.494 e. The van der Waals surface area contributed by atoms with Gasteiger partial charge < -0.3 is 15.0 Å². The monoisotopic (exact) mass is 351 g/mol. The molecule has 0 atom stereocenters. The molecule has 0 aliphatic heterocycles. The van der Waals surface area contributed by atoms with Gasteiger partial charge in [-0.15, -0.1) is 24.8 Å². The smallest absolute Gasteiger partial charge is 0.123 e. The summed E-state index contributed by atoms with van der Waals surface area (Å²) < 4.78 is 5.58. The molecule has 2 rings (SSSR count). The Balaban J connectivity index is 0.00000200. The summed E-state index contributed by atoms with van der Waals surface area (Å²) in [7, 11) is 0. The number of hydrogen-bond donors (Lipinski definition) is 2. The molecule has 0 radical (unpaired) electrons. The Morgan fingerprint density at radius 3 is 2.81 bits per heavy atom. The first-order valence-corrected chi connectivity index (χ1v) is 6.76. The number of benzene rings is 1. The zero-order valence-electron chi connectivity index (χ0n) is 11.8. The second-order valence-corrected chi connectivity index (χ2v) is 4.63. The fourth-order valence-electron chi connectivity index (χ4n) is 1.85. The lowest BCUT2D eigenvalue weighted by Gasteiger charge is -2.11. The minimum absolute atomic E-state index is 0. The molecule has 2 N–H and O–H groups in total. The highest BCUT2D eigenvalue weighted by Gasteiger charge is 2.04. The molecule has 2 aromatic rings. The van der Waals surface area contributed by atoms with Crippen LogP contribution >= 0.6 is 36.4 Å². The van der Waals surface area contributed by atoms with Crippen molar-refractivity contribution in [1.29, 1.82) is 0 Å². The summed E-state index contributed by atoms with van der Waals surface area (Å²) in [6.07, 6.45) is 4.46. The van der Waals surface area contributed by atoms with Gasteiger partial charge in [-0.1, -0.05) is 11.6 Å². The summed E-state index contributed by atoms with van der Waals surface area (Å²) in [4.78, 5) is 7.07. The summed E-state index contributed by atoms with van der Waals surface area (Å²) in [6.45, 7) is 4.25. The first-order valence-electron chi connectivity index (χ1n) is 6.38. The van der Waals surface area contributed by atoms with Gasteiger partial charge in [-0.05, 0) is 25.1 Å². The van der Waals surface area contributed by atoms with E-state index in [0.717, 1.165) is 41.5 Å². The van der Waals surface area contributed by atoms with Crippen molar-refractivity contribution < 1.29 is 4.74 Å². The van der Waals surface area contributed by atoms with Crippen LogP contribution < -0.4 is 10.1 Å². The maximum Gasteiger partial charge on any atom is 0.123 e. The quantitative estimate of drug-likeness (QED) is 0.748. The zero-order valence-corrected chi connectivity index (χ0v) is 14.2. The molecule has 0 amide bonds. The number of nitrogens with zero attached hydrogens (tertiary/aromatic N) is 1. The number of hydrogen-bond acceptors (Lipinski definition) is 3. The van der Waals surface area contributed by atoms with E-state index in [1.807, 2.05) is 31.3 Å². The van der Waals surface area contributed by atoms with Gasteiger partial charge in [-0.3, -0.25) is 0 Å². The lowest BCUT2D eigenvalue weighted by atomic mass is 10.2. The molecule has 0 fully saturated rings. The fraction of sp³-hybridized carbons (Fsp3) is 0.357. The summed E-state index contributed by atoms with van der Waals surface area (Å²) in [5.74, 6) is 0.890. The van der Waals surface area contributed by atoms with Crippen molar-refractivity contribution in [3.05, 3.63) is 47.0 Å². The van der Waals surface area contributed by atoms with Crippen molar-refractivity contribution in [2.45, 2.75) is 19.9 Å². The third-order valence-electron chi connectivity index (χ3n) is 2.76. The topological polar surface area (TPSA) is 49.9 Å². The minimum atomic E-state index is 0. The van der Waals surface area contributed by atoms with E-state index in [1.165, 1.54) is 0 Å². The van der Waals surface area contributed by atoms with E-state index in [1.54, 1.807) is 6.33 Å². The van der Waals surface area contributed by atoms with Gasteiger partial charge in [-0.25, -0.2) is 4.98 Å². The molecule has 1 aromatic heterocycles. The Labute approximate surface area is 142 Å². The van der Waals surface area contributed by atoms with E-state index >= 15 is 0 Å². The van der Waals surface area contributed by atoms with Crippen LogP contribution in [0, 0.1) is 0 Å². The van der Waals surface area contributed by atoms with Crippen LogP contribution in [0.25, 0.3) is 0 Å². The van der Waals surface area contributed by atoms with E-state index in [4.69, 9.17) is 16.3 Å². The summed E-state index contributed by atoms with van der Waals surface area (Å²) in [6, 6.07) is 5.70. The van der Waals surface area contributed by atoms with Gasteiger partial charge in [0, 0.05) is 42.0 Å². The van der Waals surface area contributed by atoms with E-state index in [9.17, 15) is 0 Å². The number of nitrogens with one attached hydrogen (secondary N) is 2. The SMILES string of the molecule is CCOc1ccc(Cl)cc1CNCCc1cnc[nH]1.Cl.Cl. The fourth-order valence-corrected chi connectivity index (χ4v) is 2.04. The van der Waals surface area contributed by atoms with Crippen LogP contribution in [0.4, 0.5) is 0 Å². The lowest BCUT2D eigenvalue weighted by molar-refractivity contribution is 0.335. The predicted octanol–water partition coefficient (Wildman–Crippen LogP) is 3.64. The zero-order chi connectivity index (χ0) is 13.5. The molecular formula is C14H20Cl3N3O. The first kappa shape index (κ1) is 20.1. The molecule has 0 aliphatic rings. The highest BCUT2D eigenvalue weighted by Crippen LogP contribution is 2.22. The number of ether oxygens (including phenoxy) is 1. The van der Waals surface area contributed by atoms with Crippen molar-refractivity contribution in [2.24, 2.45) is 0 Å². The molecule has 1 aromatic carbocycles. The highest BCUT2D eigenvalue weighted by molar-refractivity contribution is 6.30. The van der Waals surface area contributed by atoms with E-state index in [2.05, 4.69) is 15.3 Å². The minimum Gasteiger partial charge on any atom is -0.494 e. The summed E-state index contributed by atoms with van der Waals surface area (Å²) >= 11 is 6.01. The van der Waals surface area contributed by atoms with Crippen molar-refractivity contribution in [3.8, 4) is 5.75 Å². The van der Waals surface area contributed by atoms with Crippen LogP contribution in [0.5, 0.6) is 5.75 Å². The average molecular weight is 353 g/mol. The van der Waals surface area contributed by atoms with E-state index < -0.39 is 0 Å². The molecule has 0 bridgehead atoms. The van der Waals surface area contributed by atoms with Crippen LogP contribution in [0.1, 0.15) is 18.2 Å². The number of H-pyrrole nitrogens is 1.